The number of oxime groups is 1. The molecule has 0 unspecified atom stereocenters. The Bertz CT molecular complexity index is 1050. The van der Waals surface area contributed by atoms with Crippen molar-refractivity contribution in [2.24, 2.45) is 5.16 Å². The molecule has 2 aliphatic rings. The molecule has 2 aromatic rings. The SMILES string of the molecule is CC1(C)OC(=O)N(C(=O)[C@@H]2CC(c3ccc([N+](=O)[O-])cc3)=NO2)[C@H]1Cc1ccccc1. The number of hydrogen-bond acceptors (Lipinski definition) is 7. The van der Waals surface area contributed by atoms with Crippen LogP contribution in [0.5, 0.6) is 0 Å². The molecule has 0 N–H and O–H groups in total. The number of amides is 2. The number of benzene rings is 2. The number of carbonyl (C=O) groups excluding carboxylic acids is 2. The van der Waals surface area contributed by atoms with Crippen LogP contribution in [-0.4, -0.2) is 45.3 Å². The summed E-state index contributed by atoms with van der Waals surface area (Å²) in [6, 6.07) is 14.9. The molecular formula is C22H21N3O6. The second-order valence-corrected chi connectivity index (χ2v) is 8.03. The maximum absolute atomic E-state index is 13.2. The van der Waals surface area contributed by atoms with E-state index in [-0.39, 0.29) is 12.1 Å². The summed E-state index contributed by atoms with van der Waals surface area (Å²) < 4.78 is 5.48. The van der Waals surface area contributed by atoms with Gasteiger partial charge in [-0.3, -0.25) is 14.9 Å². The van der Waals surface area contributed by atoms with E-state index < -0.39 is 34.7 Å². The molecule has 0 radical (unpaired) electrons. The molecule has 2 aliphatic heterocycles. The molecule has 0 aliphatic carbocycles. The second-order valence-electron chi connectivity index (χ2n) is 8.03. The average Bonchev–Trinajstić information content (AvgIpc) is 3.31. The fraction of sp³-hybridized carbons (Fsp3) is 0.318. The topological polar surface area (TPSA) is 111 Å². The number of carbonyl (C=O) groups is 2. The largest absolute Gasteiger partial charge is 0.441 e. The van der Waals surface area contributed by atoms with Crippen molar-refractivity contribution in [2.75, 3.05) is 0 Å². The minimum Gasteiger partial charge on any atom is -0.441 e. The van der Waals surface area contributed by atoms with Crippen LogP contribution >= 0.6 is 0 Å². The first-order valence-electron chi connectivity index (χ1n) is 9.84. The number of cyclic esters (lactones) is 1. The molecule has 4 rings (SSSR count). The van der Waals surface area contributed by atoms with E-state index in [9.17, 15) is 19.7 Å². The van der Waals surface area contributed by atoms with E-state index in [1.807, 2.05) is 30.3 Å². The monoisotopic (exact) mass is 423 g/mol. The number of imide groups is 1. The van der Waals surface area contributed by atoms with Gasteiger partial charge < -0.3 is 9.57 Å². The predicted octanol–water partition coefficient (Wildman–Crippen LogP) is 3.46. The van der Waals surface area contributed by atoms with Gasteiger partial charge in [-0.05, 0) is 43.5 Å². The van der Waals surface area contributed by atoms with Gasteiger partial charge in [-0.1, -0.05) is 35.5 Å². The van der Waals surface area contributed by atoms with Crippen molar-refractivity contribution in [3.63, 3.8) is 0 Å². The minimum atomic E-state index is -0.968. The number of nitrogens with zero attached hydrogens (tertiary/aromatic N) is 3. The summed E-state index contributed by atoms with van der Waals surface area (Å²) in [5.74, 6) is -0.517. The number of ether oxygens (including phenoxy) is 1. The average molecular weight is 423 g/mol. The number of nitro benzene ring substituents is 1. The summed E-state index contributed by atoms with van der Waals surface area (Å²) in [5.41, 5.74) is 1.18. The number of hydrogen-bond donors (Lipinski definition) is 0. The van der Waals surface area contributed by atoms with Crippen LogP contribution < -0.4 is 0 Å². The van der Waals surface area contributed by atoms with Crippen molar-refractivity contribution in [1.29, 1.82) is 0 Å². The Hall–Kier alpha value is -3.75. The summed E-state index contributed by atoms with van der Waals surface area (Å²) in [6.07, 6.45) is -1.07. The zero-order valence-electron chi connectivity index (χ0n) is 17.1. The van der Waals surface area contributed by atoms with Gasteiger partial charge in [-0.25, -0.2) is 9.69 Å². The Morgan fingerprint density at radius 2 is 1.87 bits per heavy atom. The highest BCUT2D eigenvalue weighted by Gasteiger charge is 2.52. The first-order valence-corrected chi connectivity index (χ1v) is 9.84. The van der Waals surface area contributed by atoms with Gasteiger partial charge >= 0.3 is 6.09 Å². The van der Waals surface area contributed by atoms with Crippen molar-refractivity contribution >= 4 is 23.4 Å². The fourth-order valence-electron chi connectivity index (χ4n) is 3.81. The molecular weight excluding hydrogens is 402 g/mol. The molecule has 0 bridgehead atoms. The molecule has 0 saturated carbocycles. The van der Waals surface area contributed by atoms with Gasteiger partial charge in [0.05, 0.1) is 16.7 Å². The smallest absolute Gasteiger partial charge is 0.417 e. The maximum Gasteiger partial charge on any atom is 0.417 e. The van der Waals surface area contributed by atoms with Crippen molar-refractivity contribution < 1.29 is 24.1 Å². The lowest BCUT2D eigenvalue weighted by molar-refractivity contribution is -0.384. The van der Waals surface area contributed by atoms with Crippen LogP contribution in [0.3, 0.4) is 0 Å². The third-order valence-corrected chi connectivity index (χ3v) is 5.53. The number of rotatable bonds is 5. The third kappa shape index (κ3) is 3.98. The molecule has 9 nitrogen and oxygen atoms in total. The molecule has 1 saturated heterocycles. The van der Waals surface area contributed by atoms with Crippen molar-refractivity contribution in [1.82, 2.24) is 4.90 Å². The van der Waals surface area contributed by atoms with E-state index in [0.717, 1.165) is 10.5 Å². The quantitative estimate of drug-likeness (QED) is 0.538. The molecule has 0 spiro atoms. The Balaban J connectivity index is 1.50. The summed E-state index contributed by atoms with van der Waals surface area (Å²) in [7, 11) is 0. The van der Waals surface area contributed by atoms with Crippen LogP contribution in [0, 0.1) is 10.1 Å². The molecule has 2 atom stereocenters. The van der Waals surface area contributed by atoms with Gasteiger partial charge in [0.1, 0.15) is 5.60 Å². The normalized spacial score (nSPS) is 21.9. The predicted molar refractivity (Wildman–Crippen MR) is 110 cm³/mol. The zero-order valence-corrected chi connectivity index (χ0v) is 17.1. The van der Waals surface area contributed by atoms with Gasteiger partial charge in [0.25, 0.3) is 11.6 Å². The highest BCUT2D eigenvalue weighted by Crippen LogP contribution is 2.33. The van der Waals surface area contributed by atoms with Crippen LogP contribution in [0.2, 0.25) is 0 Å². The van der Waals surface area contributed by atoms with Crippen LogP contribution in [0.1, 0.15) is 31.4 Å². The van der Waals surface area contributed by atoms with Crippen LogP contribution in [0.25, 0.3) is 0 Å². The maximum atomic E-state index is 13.2. The van der Waals surface area contributed by atoms with Gasteiger partial charge in [-0.15, -0.1) is 0 Å². The van der Waals surface area contributed by atoms with E-state index >= 15 is 0 Å². The Morgan fingerprint density at radius 3 is 2.52 bits per heavy atom. The molecule has 2 amide bonds. The number of nitro groups is 1. The molecule has 0 aromatic heterocycles. The Labute approximate surface area is 178 Å². The highest BCUT2D eigenvalue weighted by atomic mass is 16.7. The summed E-state index contributed by atoms with van der Waals surface area (Å²) in [5, 5.41) is 14.8. The van der Waals surface area contributed by atoms with Crippen LogP contribution in [0.15, 0.2) is 59.8 Å². The zero-order chi connectivity index (χ0) is 22.2. The lowest BCUT2D eigenvalue weighted by Crippen LogP contribution is -2.49. The standard InChI is InChI=1S/C22H21N3O6/c1-22(2)19(12-14-6-4-3-5-7-14)24(21(27)30-22)20(26)18-13-17(23-31-18)15-8-10-16(11-9-15)25(28)29/h3-11,18-19H,12-13H2,1-2H3/t18-,19-/m0/s1. The Morgan fingerprint density at radius 1 is 1.19 bits per heavy atom. The first kappa shape index (κ1) is 20.5. The van der Waals surface area contributed by atoms with Gasteiger partial charge in [0.2, 0.25) is 6.10 Å². The van der Waals surface area contributed by atoms with E-state index in [4.69, 9.17) is 9.57 Å². The molecule has 160 valence electrons. The highest BCUT2D eigenvalue weighted by molar-refractivity contribution is 6.06. The fourth-order valence-corrected chi connectivity index (χ4v) is 3.81. The lowest BCUT2D eigenvalue weighted by Gasteiger charge is -2.28. The summed E-state index contributed by atoms with van der Waals surface area (Å²) >= 11 is 0. The summed E-state index contributed by atoms with van der Waals surface area (Å²) in [6.45, 7) is 3.56. The lowest BCUT2D eigenvalue weighted by atomic mass is 9.91. The van der Waals surface area contributed by atoms with Gasteiger partial charge in [-0.2, -0.15) is 0 Å². The van der Waals surface area contributed by atoms with Crippen LogP contribution in [-0.2, 0) is 20.8 Å². The summed E-state index contributed by atoms with van der Waals surface area (Å²) in [4.78, 5) is 42.6. The van der Waals surface area contributed by atoms with E-state index in [0.29, 0.717) is 17.7 Å². The second kappa shape index (κ2) is 7.82. The molecule has 1 fully saturated rings. The third-order valence-electron chi connectivity index (χ3n) is 5.53. The van der Waals surface area contributed by atoms with Gasteiger partial charge in [0.15, 0.2) is 0 Å². The molecule has 2 heterocycles. The minimum absolute atomic E-state index is 0.0401. The molecule has 31 heavy (non-hydrogen) atoms. The van der Waals surface area contributed by atoms with Gasteiger partial charge in [0, 0.05) is 18.6 Å². The van der Waals surface area contributed by atoms with Crippen molar-refractivity contribution in [3.8, 4) is 0 Å². The van der Waals surface area contributed by atoms with E-state index in [1.165, 1.54) is 12.1 Å². The number of non-ortho nitro benzene ring substituents is 1. The molecule has 2 aromatic carbocycles. The first-order chi connectivity index (χ1) is 14.8. The van der Waals surface area contributed by atoms with Crippen LogP contribution in [0.4, 0.5) is 10.5 Å². The van der Waals surface area contributed by atoms with Crippen molar-refractivity contribution in [3.05, 3.63) is 75.8 Å². The van der Waals surface area contributed by atoms with E-state index in [1.54, 1.807) is 26.0 Å². The van der Waals surface area contributed by atoms with Crippen molar-refractivity contribution in [2.45, 2.75) is 44.4 Å². The molecule has 9 heteroatoms. The van der Waals surface area contributed by atoms with E-state index in [2.05, 4.69) is 5.16 Å². The Kier molecular flexibility index (Phi) is 5.18.